The molecule has 1 spiro atoms. The van der Waals surface area contributed by atoms with Crippen molar-refractivity contribution in [1.29, 1.82) is 0 Å². The van der Waals surface area contributed by atoms with Crippen LogP contribution in [-0.2, 0) is 11.2 Å². The van der Waals surface area contributed by atoms with E-state index in [-0.39, 0.29) is 12.1 Å². The molecule has 1 aromatic rings. The zero-order chi connectivity index (χ0) is 15.0. The Morgan fingerprint density at radius 1 is 1.29 bits per heavy atom. The minimum atomic E-state index is -0.743. The van der Waals surface area contributed by atoms with E-state index in [1.807, 2.05) is 4.90 Å². The number of hydrogen-bond acceptors (Lipinski definition) is 3. The van der Waals surface area contributed by atoms with Gasteiger partial charge in [-0.2, -0.15) is 0 Å². The molecule has 1 N–H and O–H groups in total. The van der Waals surface area contributed by atoms with Gasteiger partial charge in [-0.1, -0.05) is 12.1 Å². The number of ether oxygens (including phenoxy) is 1. The van der Waals surface area contributed by atoms with Crippen molar-refractivity contribution < 1.29 is 14.6 Å². The number of carbonyl (C=O) groups is 1. The van der Waals surface area contributed by atoms with Gasteiger partial charge in [0.15, 0.2) is 0 Å². The van der Waals surface area contributed by atoms with Crippen LogP contribution in [0.3, 0.4) is 0 Å². The summed E-state index contributed by atoms with van der Waals surface area (Å²) in [5.74, 6) is 0.334. The van der Waals surface area contributed by atoms with Crippen molar-refractivity contribution in [1.82, 2.24) is 4.90 Å². The van der Waals surface area contributed by atoms with Gasteiger partial charge in [0.05, 0.1) is 6.54 Å². The third kappa shape index (κ3) is 2.77. The van der Waals surface area contributed by atoms with Crippen LogP contribution in [0.25, 0.3) is 0 Å². The molecular formula is C17H23NO3. The van der Waals surface area contributed by atoms with E-state index in [1.54, 1.807) is 0 Å². The summed E-state index contributed by atoms with van der Waals surface area (Å²) >= 11 is 0. The standard InChI is InChI=1S/C17H23NO3/c1-12-3-4-14-5-6-17(21-16(14)13(12)2)7-9-18(10-8-17)11-15(19)20/h3-4H,5-11H2,1-2H3,(H,19,20). The molecule has 114 valence electrons. The molecule has 2 heterocycles. The number of aryl methyl sites for hydroxylation is 2. The number of benzene rings is 1. The maximum absolute atomic E-state index is 10.8. The first-order valence-electron chi connectivity index (χ1n) is 7.71. The molecule has 4 heteroatoms. The Hall–Kier alpha value is -1.55. The van der Waals surface area contributed by atoms with E-state index in [0.29, 0.717) is 0 Å². The molecule has 0 atom stereocenters. The van der Waals surface area contributed by atoms with E-state index >= 15 is 0 Å². The normalized spacial score (nSPS) is 20.9. The maximum atomic E-state index is 10.8. The summed E-state index contributed by atoms with van der Waals surface area (Å²) < 4.78 is 6.45. The number of hydrogen-bond donors (Lipinski definition) is 1. The second kappa shape index (κ2) is 5.34. The fraction of sp³-hybridized carbons (Fsp3) is 0.588. The van der Waals surface area contributed by atoms with Gasteiger partial charge in [0.25, 0.3) is 0 Å². The fourth-order valence-corrected chi connectivity index (χ4v) is 3.48. The van der Waals surface area contributed by atoms with E-state index < -0.39 is 5.97 Å². The van der Waals surface area contributed by atoms with Crippen molar-refractivity contribution in [3.8, 4) is 5.75 Å². The van der Waals surface area contributed by atoms with Gasteiger partial charge in [0.1, 0.15) is 11.4 Å². The maximum Gasteiger partial charge on any atom is 0.317 e. The minimum Gasteiger partial charge on any atom is -0.487 e. The van der Waals surface area contributed by atoms with Crippen LogP contribution in [0.5, 0.6) is 5.75 Å². The summed E-state index contributed by atoms with van der Waals surface area (Å²) in [5.41, 5.74) is 3.76. The Morgan fingerprint density at radius 2 is 2.00 bits per heavy atom. The van der Waals surface area contributed by atoms with Crippen LogP contribution < -0.4 is 4.74 Å². The zero-order valence-corrected chi connectivity index (χ0v) is 12.8. The second-order valence-electron chi connectivity index (χ2n) is 6.45. The smallest absolute Gasteiger partial charge is 0.317 e. The predicted octanol–water partition coefficient (Wildman–Crippen LogP) is 2.55. The molecule has 0 bridgehead atoms. The molecule has 21 heavy (non-hydrogen) atoms. The number of piperidine rings is 1. The molecule has 2 aliphatic rings. The van der Waals surface area contributed by atoms with E-state index in [2.05, 4.69) is 26.0 Å². The summed E-state index contributed by atoms with van der Waals surface area (Å²) in [7, 11) is 0. The lowest BCUT2D eigenvalue weighted by Crippen LogP contribution is -2.50. The monoisotopic (exact) mass is 289 g/mol. The first-order chi connectivity index (χ1) is 9.99. The van der Waals surface area contributed by atoms with Crippen LogP contribution in [0.1, 0.15) is 36.0 Å². The first kappa shape index (κ1) is 14.4. The Bertz CT molecular complexity index is 559. The third-order valence-corrected chi connectivity index (χ3v) is 5.05. The Kier molecular flexibility index (Phi) is 3.66. The molecule has 0 saturated carbocycles. The van der Waals surface area contributed by atoms with Crippen molar-refractivity contribution in [2.24, 2.45) is 0 Å². The number of carboxylic acid groups (broad SMARTS) is 1. The average Bonchev–Trinajstić information content (AvgIpc) is 2.46. The quantitative estimate of drug-likeness (QED) is 0.909. The van der Waals surface area contributed by atoms with Crippen molar-refractivity contribution in [3.63, 3.8) is 0 Å². The highest BCUT2D eigenvalue weighted by molar-refractivity contribution is 5.69. The lowest BCUT2D eigenvalue weighted by molar-refractivity contribution is -0.139. The zero-order valence-electron chi connectivity index (χ0n) is 12.8. The van der Waals surface area contributed by atoms with E-state index in [4.69, 9.17) is 9.84 Å². The molecule has 0 aliphatic carbocycles. The summed E-state index contributed by atoms with van der Waals surface area (Å²) in [6.45, 7) is 6.02. The first-order valence-corrected chi connectivity index (χ1v) is 7.71. The van der Waals surface area contributed by atoms with E-state index in [0.717, 1.165) is 44.5 Å². The molecule has 0 amide bonds. The van der Waals surface area contributed by atoms with Gasteiger partial charge in [-0.3, -0.25) is 9.69 Å². The van der Waals surface area contributed by atoms with Crippen LogP contribution in [0.4, 0.5) is 0 Å². The van der Waals surface area contributed by atoms with Gasteiger partial charge in [0.2, 0.25) is 0 Å². The Labute approximate surface area is 125 Å². The number of likely N-dealkylation sites (tertiary alicyclic amines) is 1. The van der Waals surface area contributed by atoms with Gasteiger partial charge >= 0.3 is 5.97 Å². The summed E-state index contributed by atoms with van der Waals surface area (Å²) in [6.07, 6.45) is 3.96. The summed E-state index contributed by atoms with van der Waals surface area (Å²) in [5, 5.41) is 8.89. The summed E-state index contributed by atoms with van der Waals surface area (Å²) in [4.78, 5) is 12.8. The van der Waals surface area contributed by atoms with Gasteiger partial charge in [-0.15, -0.1) is 0 Å². The molecule has 4 nitrogen and oxygen atoms in total. The molecule has 2 aliphatic heterocycles. The number of rotatable bonds is 2. The third-order valence-electron chi connectivity index (χ3n) is 5.05. The van der Waals surface area contributed by atoms with E-state index in [1.165, 1.54) is 16.7 Å². The van der Waals surface area contributed by atoms with Crippen LogP contribution in [0.15, 0.2) is 12.1 Å². The number of fused-ring (bicyclic) bond motifs is 1. The largest absolute Gasteiger partial charge is 0.487 e. The number of nitrogens with zero attached hydrogens (tertiary/aromatic N) is 1. The summed E-state index contributed by atoms with van der Waals surface area (Å²) in [6, 6.07) is 4.36. The Morgan fingerprint density at radius 3 is 2.67 bits per heavy atom. The lowest BCUT2D eigenvalue weighted by Gasteiger charge is -2.44. The van der Waals surface area contributed by atoms with Gasteiger partial charge in [-0.25, -0.2) is 0 Å². The van der Waals surface area contributed by atoms with E-state index in [9.17, 15) is 4.79 Å². The highest BCUT2D eigenvalue weighted by Gasteiger charge is 2.40. The molecular weight excluding hydrogens is 266 g/mol. The van der Waals surface area contributed by atoms with Gasteiger partial charge in [-0.05, 0) is 56.2 Å². The Balaban J connectivity index is 1.74. The van der Waals surface area contributed by atoms with Crippen LogP contribution in [0, 0.1) is 13.8 Å². The molecule has 0 unspecified atom stereocenters. The lowest BCUT2D eigenvalue weighted by atomic mass is 9.82. The highest BCUT2D eigenvalue weighted by atomic mass is 16.5. The highest BCUT2D eigenvalue weighted by Crippen LogP contribution is 2.41. The van der Waals surface area contributed by atoms with Gasteiger partial charge < -0.3 is 9.84 Å². The van der Waals surface area contributed by atoms with Crippen LogP contribution in [-0.4, -0.2) is 41.2 Å². The van der Waals surface area contributed by atoms with Gasteiger partial charge in [0, 0.05) is 13.1 Å². The van der Waals surface area contributed by atoms with Crippen molar-refractivity contribution in [2.45, 2.75) is 45.1 Å². The number of aliphatic carboxylic acids is 1. The molecule has 1 aromatic carbocycles. The van der Waals surface area contributed by atoms with Crippen LogP contribution in [0.2, 0.25) is 0 Å². The topological polar surface area (TPSA) is 49.8 Å². The van der Waals surface area contributed by atoms with Crippen molar-refractivity contribution in [2.75, 3.05) is 19.6 Å². The number of carboxylic acids is 1. The van der Waals surface area contributed by atoms with Crippen molar-refractivity contribution >= 4 is 5.97 Å². The predicted molar refractivity (Wildman–Crippen MR) is 80.9 cm³/mol. The van der Waals surface area contributed by atoms with Crippen LogP contribution >= 0.6 is 0 Å². The molecule has 0 radical (unpaired) electrons. The SMILES string of the molecule is Cc1ccc2c(c1C)OC1(CC2)CCN(CC(=O)O)CC1. The molecule has 1 fully saturated rings. The second-order valence-corrected chi connectivity index (χ2v) is 6.45. The molecule has 1 saturated heterocycles. The molecule has 0 aromatic heterocycles. The average molecular weight is 289 g/mol. The van der Waals surface area contributed by atoms with Crippen molar-refractivity contribution in [3.05, 3.63) is 28.8 Å². The fourth-order valence-electron chi connectivity index (χ4n) is 3.48. The minimum absolute atomic E-state index is 0.0828. The molecule has 3 rings (SSSR count).